The van der Waals surface area contributed by atoms with E-state index in [1.807, 2.05) is 13.0 Å². The average molecular weight is 390 g/mol. The topological polar surface area (TPSA) is 50.1 Å². The second kappa shape index (κ2) is 9.74. The Labute approximate surface area is 174 Å². The van der Waals surface area contributed by atoms with Gasteiger partial charge in [0.25, 0.3) is 0 Å². The highest BCUT2D eigenvalue weighted by atomic mass is 16.5. The molecule has 0 radical (unpaired) electrons. The molecule has 1 aliphatic carbocycles. The summed E-state index contributed by atoms with van der Waals surface area (Å²) in [5.74, 6) is 0.139. The van der Waals surface area contributed by atoms with Crippen LogP contribution in [0.4, 0.5) is 0 Å². The Morgan fingerprint density at radius 1 is 1.07 bits per heavy atom. The van der Waals surface area contributed by atoms with Crippen molar-refractivity contribution in [2.24, 2.45) is 0 Å². The van der Waals surface area contributed by atoms with Crippen molar-refractivity contribution in [3.8, 4) is 11.8 Å². The predicted molar refractivity (Wildman–Crippen MR) is 116 cm³/mol. The zero-order chi connectivity index (χ0) is 20.7. The molecule has 3 heteroatoms. The summed E-state index contributed by atoms with van der Waals surface area (Å²) >= 11 is 0. The average Bonchev–Trinajstić information content (AvgIpc) is 2.76. The van der Waals surface area contributed by atoms with E-state index in [9.17, 15) is 10.1 Å². The first kappa shape index (κ1) is 21.1. The molecule has 1 aliphatic rings. The van der Waals surface area contributed by atoms with Gasteiger partial charge in [-0.1, -0.05) is 69.4 Å². The number of carbonyl (C=O) groups excluding carboxylic acids is 1. The third-order valence-corrected chi connectivity index (χ3v) is 6.13. The SMILES string of the molecule is CCCCCc1ccc(C2(C(=O)Oc3ccc(C)cc3C#N)CCCCC2)cc1. The van der Waals surface area contributed by atoms with E-state index in [1.54, 1.807) is 12.1 Å². The zero-order valence-electron chi connectivity index (χ0n) is 17.7. The monoisotopic (exact) mass is 389 g/mol. The van der Waals surface area contributed by atoms with Crippen molar-refractivity contribution in [3.05, 3.63) is 64.7 Å². The van der Waals surface area contributed by atoms with Gasteiger partial charge >= 0.3 is 5.97 Å². The maximum absolute atomic E-state index is 13.4. The molecule has 3 rings (SSSR count). The molecule has 1 fully saturated rings. The van der Waals surface area contributed by atoms with Crippen molar-refractivity contribution < 1.29 is 9.53 Å². The first-order valence-corrected chi connectivity index (χ1v) is 10.9. The molecule has 29 heavy (non-hydrogen) atoms. The highest BCUT2D eigenvalue weighted by Gasteiger charge is 2.43. The summed E-state index contributed by atoms with van der Waals surface area (Å²) in [5, 5.41) is 9.43. The lowest BCUT2D eigenvalue weighted by Gasteiger charge is -2.35. The third kappa shape index (κ3) is 4.88. The van der Waals surface area contributed by atoms with Gasteiger partial charge in [0.15, 0.2) is 0 Å². The van der Waals surface area contributed by atoms with Crippen LogP contribution in [0.5, 0.6) is 5.75 Å². The van der Waals surface area contributed by atoms with Crippen molar-refractivity contribution in [3.63, 3.8) is 0 Å². The van der Waals surface area contributed by atoms with E-state index in [4.69, 9.17) is 4.74 Å². The van der Waals surface area contributed by atoms with E-state index >= 15 is 0 Å². The predicted octanol–water partition coefficient (Wildman–Crippen LogP) is 6.41. The van der Waals surface area contributed by atoms with Gasteiger partial charge in [-0.2, -0.15) is 5.26 Å². The summed E-state index contributed by atoms with van der Waals surface area (Å²) in [6.07, 6.45) is 9.54. The molecule has 0 aliphatic heterocycles. The standard InChI is InChI=1S/C26H31NO2/c1-3-4-6-9-21-11-13-23(14-12-21)26(16-7-5-8-17-26)25(28)29-24-15-10-20(2)18-22(24)19-27/h10-15,18H,3-9,16-17H2,1-2H3. The molecule has 0 unspecified atom stereocenters. The Balaban J connectivity index is 1.85. The highest BCUT2D eigenvalue weighted by molar-refractivity contribution is 5.85. The van der Waals surface area contributed by atoms with Gasteiger partial charge in [-0.05, 0) is 61.4 Å². The molecule has 0 heterocycles. The van der Waals surface area contributed by atoms with E-state index in [0.717, 1.165) is 49.7 Å². The van der Waals surface area contributed by atoms with Gasteiger partial charge in [0.2, 0.25) is 0 Å². The molecule has 2 aromatic carbocycles. The van der Waals surface area contributed by atoms with Gasteiger partial charge in [-0.3, -0.25) is 4.79 Å². The number of rotatable bonds is 7. The second-order valence-corrected chi connectivity index (χ2v) is 8.30. The lowest BCUT2D eigenvalue weighted by molar-refractivity contribution is -0.142. The molecule has 0 atom stereocenters. The van der Waals surface area contributed by atoms with Crippen LogP contribution in [0, 0.1) is 18.3 Å². The summed E-state index contributed by atoms with van der Waals surface area (Å²) in [6.45, 7) is 4.14. The summed E-state index contributed by atoms with van der Waals surface area (Å²) in [7, 11) is 0. The summed E-state index contributed by atoms with van der Waals surface area (Å²) in [6, 6.07) is 16.1. The number of benzene rings is 2. The van der Waals surface area contributed by atoms with Gasteiger partial charge in [0, 0.05) is 0 Å². The highest BCUT2D eigenvalue weighted by Crippen LogP contribution is 2.41. The van der Waals surface area contributed by atoms with Crippen LogP contribution in [-0.2, 0) is 16.6 Å². The minimum absolute atomic E-state index is 0.226. The number of ether oxygens (including phenoxy) is 1. The van der Waals surface area contributed by atoms with E-state index in [2.05, 4.69) is 37.3 Å². The van der Waals surface area contributed by atoms with E-state index in [-0.39, 0.29) is 5.97 Å². The first-order chi connectivity index (χ1) is 14.1. The Kier molecular flexibility index (Phi) is 7.09. The number of esters is 1. The van der Waals surface area contributed by atoms with Crippen LogP contribution in [0.2, 0.25) is 0 Å². The number of hydrogen-bond donors (Lipinski definition) is 0. The largest absolute Gasteiger partial charge is 0.424 e. The van der Waals surface area contributed by atoms with Crippen molar-refractivity contribution in [2.45, 2.75) is 77.0 Å². The van der Waals surface area contributed by atoms with Crippen molar-refractivity contribution >= 4 is 5.97 Å². The van der Waals surface area contributed by atoms with E-state index in [1.165, 1.54) is 24.8 Å². The van der Waals surface area contributed by atoms with Crippen LogP contribution in [0.25, 0.3) is 0 Å². The molecule has 0 bridgehead atoms. The number of aryl methyl sites for hydroxylation is 2. The lowest BCUT2D eigenvalue weighted by atomic mass is 9.69. The summed E-state index contributed by atoms with van der Waals surface area (Å²) < 4.78 is 5.84. The lowest BCUT2D eigenvalue weighted by Crippen LogP contribution is -2.41. The van der Waals surface area contributed by atoms with Gasteiger partial charge < -0.3 is 4.74 Å². The molecule has 0 amide bonds. The molecular formula is C26H31NO2. The first-order valence-electron chi connectivity index (χ1n) is 10.9. The Bertz CT molecular complexity index is 871. The zero-order valence-corrected chi connectivity index (χ0v) is 17.7. The summed E-state index contributed by atoms with van der Waals surface area (Å²) in [4.78, 5) is 13.4. The fourth-order valence-corrected chi connectivity index (χ4v) is 4.35. The maximum Gasteiger partial charge on any atom is 0.321 e. The van der Waals surface area contributed by atoms with Gasteiger partial charge in [0.1, 0.15) is 11.8 Å². The molecule has 0 spiro atoms. The van der Waals surface area contributed by atoms with Crippen molar-refractivity contribution in [1.29, 1.82) is 5.26 Å². The van der Waals surface area contributed by atoms with Crippen molar-refractivity contribution in [2.75, 3.05) is 0 Å². The molecule has 0 aromatic heterocycles. The molecule has 0 saturated heterocycles. The number of nitrogens with zero attached hydrogens (tertiary/aromatic N) is 1. The minimum Gasteiger partial charge on any atom is -0.424 e. The van der Waals surface area contributed by atoms with E-state index in [0.29, 0.717) is 11.3 Å². The fourth-order valence-electron chi connectivity index (χ4n) is 4.35. The summed E-state index contributed by atoms with van der Waals surface area (Å²) in [5.41, 5.74) is 3.15. The number of unbranched alkanes of at least 4 members (excludes halogenated alkanes) is 2. The van der Waals surface area contributed by atoms with Gasteiger partial charge in [-0.25, -0.2) is 0 Å². The third-order valence-electron chi connectivity index (χ3n) is 6.13. The minimum atomic E-state index is -0.613. The fraction of sp³-hybridized carbons (Fsp3) is 0.462. The second-order valence-electron chi connectivity index (χ2n) is 8.30. The number of carbonyl (C=O) groups is 1. The van der Waals surface area contributed by atoms with Crippen LogP contribution in [0.3, 0.4) is 0 Å². The van der Waals surface area contributed by atoms with Crippen LogP contribution >= 0.6 is 0 Å². The molecule has 1 saturated carbocycles. The number of nitriles is 1. The number of hydrogen-bond acceptors (Lipinski definition) is 3. The Morgan fingerprint density at radius 2 is 1.79 bits per heavy atom. The Hall–Kier alpha value is -2.60. The Morgan fingerprint density at radius 3 is 2.45 bits per heavy atom. The smallest absolute Gasteiger partial charge is 0.321 e. The van der Waals surface area contributed by atoms with Crippen LogP contribution in [0.1, 0.15) is 80.5 Å². The van der Waals surface area contributed by atoms with Crippen LogP contribution in [0.15, 0.2) is 42.5 Å². The van der Waals surface area contributed by atoms with Gasteiger partial charge in [-0.15, -0.1) is 0 Å². The molecule has 2 aromatic rings. The normalized spacial score (nSPS) is 15.5. The molecule has 152 valence electrons. The van der Waals surface area contributed by atoms with Gasteiger partial charge in [0.05, 0.1) is 11.0 Å². The molecular weight excluding hydrogens is 358 g/mol. The quantitative estimate of drug-likeness (QED) is 0.312. The maximum atomic E-state index is 13.4. The van der Waals surface area contributed by atoms with Crippen LogP contribution in [-0.4, -0.2) is 5.97 Å². The van der Waals surface area contributed by atoms with Crippen molar-refractivity contribution in [1.82, 2.24) is 0 Å². The van der Waals surface area contributed by atoms with Crippen LogP contribution < -0.4 is 4.74 Å². The molecule has 3 nitrogen and oxygen atoms in total. The van der Waals surface area contributed by atoms with E-state index < -0.39 is 5.41 Å². The molecule has 0 N–H and O–H groups in total.